The molecule has 0 radical (unpaired) electrons. The number of fused-ring (bicyclic) bond motifs is 1. The zero-order chi connectivity index (χ0) is 12.5. The van der Waals surface area contributed by atoms with Crippen molar-refractivity contribution >= 4 is 21.6 Å². The van der Waals surface area contributed by atoms with Crippen molar-refractivity contribution in [3.05, 3.63) is 53.3 Å². The Hall–Kier alpha value is -1.81. The van der Waals surface area contributed by atoms with Gasteiger partial charge in [0, 0.05) is 22.4 Å². The minimum absolute atomic E-state index is 0.839. The molecule has 0 saturated carbocycles. The average Bonchev–Trinajstić information content (AvgIpc) is 2.81. The maximum absolute atomic E-state index is 5.23. The van der Waals surface area contributed by atoms with E-state index in [0.717, 1.165) is 27.1 Å². The second kappa shape index (κ2) is 4.46. The van der Waals surface area contributed by atoms with Gasteiger partial charge < -0.3 is 9.14 Å². The molecule has 3 rings (SSSR count). The minimum atomic E-state index is 0.839. The number of rotatable bonds is 2. The number of hydrogen-bond donors (Lipinski definition) is 0. The van der Waals surface area contributed by atoms with Gasteiger partial charge in [0.25, 0.3) is 0 Å². The Morgan fingerprint density at radius 1 is 1.17 bits per heavy atom. The molecular weight excluding hydrogens is 292 g/mol. The van der Waals surface area contributed by atoms with Gasteiger partial charge in [-0.1, -0.05) is 12.1 Å². The van der Waals surface area contributed by atoms with E-state index in [-0.39, 0.29) is 0 Å². The molecule has 0 spiro atoms. The van der Waals surface area contributed by atoms with Crippen LogP contribution in [0.25, 0.3) is 16.9 Å². The molecule has 90 valence electrons. The van der Waals surface area contributed by atoms with Crippen molar-refractivity contribution < 1.29 is 4.74 Å². The van der Waals surface area contributed by atoms with Crippen LogP contribution in [-0.2, 0) is 0 Å². The summed E-state index contributed by atoms with van der Waals surface area (Å²) in [6, 6.07) is 11.9. The van der Waals surface area contributed by atoms with Gasteiger partial charge in [-0.25, -0.2) is 4.98 Å². The molecule has 4 heteroatoms. The summed E-state index contributed by atoms with van der Waals surface area (Å²) < 4.78 is 8.26. The van der Waals surface area contributed by atoms with Crippen molar-refractivity contribution in [3.63, 3.8) is 0 Å². The Balaban J connectivity index is 2.13. The van der Waals surface area contributed by atoms with Gasteiger partial charge in [0.2, 0.25) is 0 Å². The van der Waals surface area contributed by atoms with Crippen molar-refractivity contribution in [2.45, 2.75) is 0 Å². The normalized spacial score (nSPS) is 10.8. The summed E-state index contributed by atoms with van der Waals surface area (Å²) in [6.07, 6.45) is 4.00. The molecule has 2 heterocycles. The second-order valence-electron chi connectivity index (χ2n) is 3.97. The molecular formula is C14H11BrN2O. The zero-order valence-electron chi connectivity index (χ0n) is 9.80. The van der Waals surface area contributed by atoms with Crippen LogP contribution in [0.1, 0.15) is 0 Å². The Morgan fingerprint density at radius 3 is 2.89 bits per heavy atom. The van der Waals surface area contributed by atoms with Crippen molar-refractivity contribution in [2.24, 2.45) is 0 Å². The number of nitrogens with zero attached hydrogens (tertiary/aromatic N) is 2. The first-order valence-electron chi connectivity index (χ1n) is 5.55. The first kappa shape index (κ1) is 11.3. The summed E-state index contributed by atoms with van der Waals surface area (Å²) in [7, 11) is 1.67. The van der Waals surface area contributed by atoms with Crippen LogP contribution in [0.2, 0.25) is 0 Å². The Morgan fingerprint density at radius 2 is 2.06 bits per heavy atom. The second-order valence-corrected chi connectivity index (χ2v) is 4.89. The summed E-state index contributed by atoms with van der Waals surface area (Å²) in [4.78, 5) is 4.59. The highest BCUT2D eigenvalue weighted by Gasteiger charge is 2.05. The van der Waals surface area contributed by atoms with Gasteiger partial charge in [-0.05, 0) is 40.2 Å². The lowest BCUT2D eigenvalue weighted by Gasteiger charge is -2.00. The molecule has 1 aromatic carbocycles. The molecule has 0 bridgehead atoms. The molecule has 0 saturated heterocycles. The van der Waals surface area contributed by atoms with E-state index in [2.05, 4.69) is 20.9 Å². The number of halogens is 1. The summed E-state index contributed by atoms with van der Waals surface area (Å²) >= 11 is 3.45. The number of methoxy groups -OCH3 is 1. The topological polar surface area (TPSA) is 26.5 Å². The fraction of sp³-hybridized carbons (Fsp3) is 0.0714. The molecule has 0 N–H and O–H groups in total. The van der Waals surface area contributed by atoms with E-state index >= 15 is 0 Å². The third kappa shape index (κ3) is 1.99. The van der Waals surface area contributed by atoms with E-state index in [1.807, 2.05) is 53.2 Å². The molecule has 18 heavy (non-hydrogen) atoms. The number of pyridine rings is 1. The molecule has 0 amide bonds. The highest BCUT2D eigenvalue weighted by Crippen LogP contribution is 2.24. The van der Waals surface area contributed by atoms with E-state index in [0.29, 0.717) is 0 Å². The van der Waals surface area contributed by atoms with Crippen LogP contribution in [0.5, 0.6) is 5.75 Å². The largest absolute Gasteiger partial charge is 0.497 e. The first-order chi connectivity index (χ1) is 8.76. The highest BCUT2D eigenvalue weighted by molar-refractivity contribution is 9.10. The SMILES string of the molecule is COc1cccc(-c2cn3cc(Br)ccc3n2)c1. The predicted molar refractivity (Wildman–Crippen MR) is 74.9 cm³/mol. The quantitative estimate of drug-likeness (QED) is 0.720. The van der Waals surface area contributed by atoms with Crippen LogP contribution < -0.4 is 4.74 Å². The van der Waals surface area contributed by atoms with Gasteiger partial charge >= 0.3 is 0 Å². The Bertz CT molecular complexity index is 706. The molecule has 3 nitrogen and oxygen atoms in total. The van der Waals surface area contributed by atoms with E-state index < -0.39 is 0 Å². The summed E-state index contributed by atoms with van der Waals surface area (Å²) in [6.45, 7) is 0. The lowest BCUT2D eigenvalue weighted by atomic mass is 10.1. The van der Waals surface area contributed by atoms with Crippen molar-refractivity contribution in [3.8, 4) is 17.0 Å². The number of aromatic nitrogens is 2. The van der Waals surface area contributed by atoms with Crippen molar-refractivity contribution in [1.29, 1.82) is 0 Å². The molecule has 0 atom stereocenters. The average molecular weight is 303 g/mol. The third-order valence-corrected chi connectivity index (χ3v) is 3.25. The maximum Gasteiger partial charge on any atom is 0.137 e. The molecule has 0 aliphatic rings. The molecule has 0 aliphatic heterocycles. The van der Waals surface area contributed by atoms with E-state index in [4.69, 9.17) is 4.74 Å². The number of hydrogen-bond acceptors (Lipinski definition) is 2. The lowest BCUT2D eigenvalue weighted by molar-refractivity contribution is 0.415. The number of benzene rings is 1. The molecule has 2 aromatic heterocycles. The maximum atomic E-state index is 5.23. The van der Waals surface area contributed by atoms with Crippen LogP contribution in [0, 0.1) is 0 Å². The lowest BCUT2D eigenvalue weighted by Crippen LogP contribution is -1.83. The molecule has 0 aliphatic carbocycles. The first-order valence-corrected chi connectivity index (χ1v) is 6.34. The van der Waals surface area contributed by atoms with E-state index in [1.165, 1.54) is 0 Å². The Labute approximate surface area is 113 Å². The predicted octanol–water partition coefficient (Wildman–Crippen LogP) is 3.77. The van der Waals surface area contributed by atoms with Gasteiger partial charge in [-0.2, -0.15) is 0 Å². The van der Waals surface area contributed by atoms with E-state index in [9.17, 15) is 0 Å². The summed E-state index contributed by atoms with van der Waals surface area (Å²) in [5, 5.41) is 0. The molecule has 0 unspecified atom stereocenters. The standard InChI is InChI=1S/C14H11BrN2O/c1-18-12-4-2-3-10(7-12)13-9-17-8-11(15)5-6-14(17)16-13/h2-9H,1H3. The third-order valence-electron chi connectivity index (χ3n) is 2.78. The van der Waals surface area contributed by atoms with Gasteiger partial charge in [-0.15, -0.1) is 0 Å². The number of imidazole rings is 1. The monoisotopic (exact) mass is 302 g/mol. The van der Waals surface area contributed by atoms with E-state index in [1.54, 1.807) is 7.11 Å². The van der Waals surface area contributed by atoms with Crippen LogP contribution in [0.4, 0.5) is 0 Å². The highest BCUT2D eigenvalue weighted by atomic mass is 79.9. The zero-order valence-corrected chi connectivity index (χ0v) is 11.4. The van der Waals surface area contributed by atoms with Gasteiger partial charge in [0.15, 0.2) is 0 Å². The fourth-order valence-corrected chi connectivity index (χ4v) is 2.24. The molecule has 3 aromatic rings. The molecule has 0 fully saturated rings. The Kier molecular flexibility index (Phi) is 2.80. The minimum Gasteiger partial charge on any atom is -0.497 e. The van der Waals surface area contributed by atoms with Crippen LogP contribution in [0.3, 0.4) is 0 Å². The van der Waals surface area contributed by atoms with Crippen LogP contribution in [-0.4, -0.2) is 16.5 Å². The van der Waals surface area contributed by atoms with Gasteiger partial charge in [0.1, 0.15) is 11.4 Å². The van der Waals surface area contributed by atoms with Crippen LogP contribution >= 0.6 is 15.9 Å². The summed E-state index contributed by atoms with van der Waals surface area (Å²) in [5.74, 6) is 0.839. The number of ether oxygens (including phenoxy) is 1. The van der Waals surface area contributed by atoms with Crippen molar-refractivity contribution in [2.75, 3.05) is 7.11 Å². The smallest absolute Gasteiger partial charge is 0.137 e. The fourth-order valence-electron chi connectivity index (χ4n) is 1.89. The van der Waals surface area contributed by atoms with Gasteiger partial charge in [0.05, 0.1) is 12.8 Å². The van der Waals surface area contributed by atoms with Crippen LogP contribution in [0.15, 0.2) is 53.3 Å². The summed E-state index contributed by atoms with van der Waals surface area (Å²) in [5.41, 5.74) is 2.91. The van der Waals surface area contributed by atoms with Gasteiger partial charge in [-0.3, -0.25) is 0 Å². The van der Waals surface area contributed by atoms with Crippen molar-refractivity contribution in [1.82, 2.24) is 9.38 Å².